The van der Waals surface area contributed by atoms with E-state index in [-0.39, 0.29) is 18.1 Å². The summed E-state index contributed by atoms with van der Waals surface area (Å²) in [5.74, 6) is -0.536. The van der Waals surface area contributed by atoms with E-state index in [0.29, 0.717) is 32.0 Å². The molecule has 0 atom stereocenters. The number of hydrogen-bond donors (Lipinski definition) is 1. The van der Waals surface area contributed by atoms with Crippen molar-refractivity contribution in [3.8, 4) is 10.6 Å². The SMILES string of the molecule is O=C(Cc1csc(-c2cccc(F)c2)n1)Nc1ccc(Cl)c(Cl)c1. The second-order valence-corrected chi connectivity index (χ2v) is 6.68. The molecule has 2 aromatic carbocycles. The van der Waals surface area contributed by atoms with Gasteiger partial charge in [0, 0.05) is 16.6 Å². The van der Waals surface area contributed by atoms with Crippen LogP contribution in [0.3, 0.4) is 0 Å². The fourth-order valence-corrected chi connectivity index (χ4v) is 3.20. The molecule has 3 nitrogen and oxygen atoms in total. The lowest BCUT2D eigenvalue weighted by molar-refractivity contribution is -0.115. The second-order valence-electron chi connectivity index (χ2n) is 5.01. The van der Waals surface area contributed by atoms with Crippen LogP contribution in [0.2, 0.25) is 10.0 Å². The van der Waals surface area contributed by atoms with E-state index in [1.165, 1.54) is 23.5 Å². The van der Waals surface area contributed by atoms with Gasteiger partial charge in [0.05, 0.1) is 22.2 Å². The zero-order valence-corrected chi connectivity index (χ0v) is 14.6. The van der Waals surface area contributed by atoms with Crippen molar-refractivity contribution in [2.24, 2.45) is 0 Å². The summed E-state index contributed by atoms with van der Waals surface area (Å²) in [6.45, 7) is 0. The molecule has 7 heteroatoms. The van der Waals surface area contributed by atoms with Crippen LogP contribution in [0.25, 0.3) is 10.6 Å². The standard InChI is InChI=1S/C17H11Cl2FN2OS/c18-14-5-4-12(7-15(14)19)21-16(23)8-13-9-24-17(22-13)10-2-1-3-11(20)6-10/h1-7,9H,8H2,(H,21,23). The van der Waals surface area contributed by atoms with Gasteiger partial charge in [0.1, 0.15) is 10.8 Å². The van der Waals surface area contributed by atoms with Crippen molar-refractivity contribution in [3.05, 3.63) is 69.4 Å². The lowest BCUT2D eigenvalue weighted by Gasteiger charge is -2.05. The van der Waals surface area contributed by atoms with Crippen LogP contribution >= 0.6 is 34.5 Å². The van der Waals surface area contributed by atoms with Crippen LogP contribution < -0.4 is 5.32 Å². The van der Waals surface area contributed by atoms with E-state index in [2.05, 4.69) is 10.3 Å². The molecule has 3 rings (SSSR count). The van der Waals surface area contributed by atoms with E-state index < -0.39 is 0 Å². The highest BCUT2D eigenvalue weighted by atomic mass is 35.5. The normalized spacial score (nSPS) is 10.6. The molecule has 1 amide bonds. The first-order valence-corrected chi connectivity index (χ1v) is 8.60. The van der Waals surface area contributed by atoms with Gasteiger partial charge in [0.25, 0.3) is 0 Å². The molecule has 0 aliphatic heterocycles. The Morgan fingerprint density at radius 1 is 1.17 bits per heavy atom. The number of carbonyl (C=O) groups is 1. The highest BCUT2D eigenvalue weighted by Crippen LogP contribution is 2.26. The number of hydrogen-bond acceptors (Lipinski definition) is 3. The summed E-state index contributed by atoms with van der Waals surface area (Å²) in [5.41, 5.74) is 1.88. The minimum Gasteiger partial charge on any atom is -0.326 e. The van der Waals surface area contributed by atoms with Crippen molar-refractivity contribution in [1.82, 2.24) is 4.98 Å². The topological polar surface area (TPSA) is 42.0 Å². The summed E-state index contributed by atoms with van der Waals surface area (Å²) in [5, 5.41) is 6.00. The van der Waals surface area contributed by atoms with Crippen LogP contribution in [0.4, 0.5) is 10.1 Å². The zero-order valence-electron chi connectivity index (χ0n) is 12.2. The van der Waals surface area contributed by atoms with Crippen molar-refractivity contribution < 1.29 is 9.18 Å². The van der Waals surface area contributed by atoms with Crippen LogP contribution in [0.5, 0.6) is 0 Å². The van der Waals surface area contributed by atoms with Crippen molar-refractivity contribution in [2.75, 3.05) is 5.32 Å². The molecule has 1 N–H and O–H groups in total. The Balaban J connectivity index is 1.68. The van der Waals surface area contributed by atoms with Gasteiger partial charge in [0.15, 0.2) is 0 Å². The molecular formula is C17H11Cl2FN2OS. The lowest BCUT2D eigenvalue weighted by Crippen LogP contribution is -2.14. The van der Waals surface area contributed by atoms with Crippen LogP contribution in [-0.2, 0) is 11.2 Å². The molecule has 0 fully saturated rings. The molecule has 0 radical (unpaired) electrons. The van der Waals surface area contributed by atoms with E-state index >= 15 is 0 Å². The lowest BCUT2D eigenvalue weighted by atomic mass is 10.2. The van der Waals surface area contributed by atoms with Gasteiger partial charge >= 0.3 is 0 Å². The Hall–Kier alpha value is -1.95. The minimum atomic E-state index is -0.318. The predicted molar refractivity (Wildman–Crippen MR) is 96.3 cm³/mol. The van der Waals surface area contributed by atoms with Crippen LogP contribution in [-0.4, -0.2) is 10.9 Å². The number of carbonyl (C=O) groups excluding carboxylic acids is 1. The molecule has 122 valence electrons. The summed E-state index contributed by atoms with van der Waals surface area (Å²) in [7, 11) is 0. The molecule has 0 saturated carbocycles. The first-order chi connectivity index (χ1) is 11.5. The fraction of sp³-hybridized carbons (Fsp3) is 0.0588. The van der Waals surface area contributed by atoms with E-state index in [4.69, 9.17) is 23.2 Å². The first-order valence-electron chi connectivity index (χ1n) is 6.96. The van der Waals surface area contributed by atoms with Crippen molar-refractivity contribution >= 4 is 46.1 Å². The maximum absolute atomic E-state index is 13.3. The van der Waals surface area contributed by atoms with Crippen LogP contribution in [0.1, 0.15) is 5.69 Å². The van der Waals surface area contributed by atoms with E-state index in [9.17, 15) is 9.18 Å². The van der Waals surface area contributed by atoms with Crippen LogP contribution in [0, 0.1) is 5.82 Å². The third-order valence-corrected chi connectivity index (χ3v) is 4.85. The van der Waals surface area contributed by atoms with Crippen molar-refractivity contribution in [2.45, 2.75) is 6.42 Å². The van der Waals surface area contributed by atoms with Gasteiger partial charge in [0.2, 0.25) is 5.91 Å². The van der Waals surface area contributed by atoms with E-state index in [1.54, 1.807) is 35.7 Å². The number of nitrogens with one attached hydrogen (secondary N) is 1. The summed E-state index contributed by atoms with van der Waals surface area (Å²) < 4.78 is 13.3. The molecule has 0 saturated heterocycles. The average molecular weight is 381 g/mol. The molecule has 0 bridgehead atoms. The largest absolute Gasteiger partial charge is 0.326 e. The van der Waals surface area contributed by atoms with Crippen molar-refractivity contribution in [3.63, 3.8) is 0 Å². The summed E-state index contributed by atoms with van der Waals surface area (Å²) in [6, 6.07) is 11.1. The van der Waals surface area contributed by atoms with Gasteiger partial charge in [-0.15, -0.1) is 11.3 Å². The summed E-state index contributed by atoms with van der Waals surface area (Å²) >= 11 is 13.1. The average Bonchev–Trinajstić information content (AvgIpc) is 2.99. The van der Waals surface area contributed by atoms with Crippen molar-refractivity contribution in [1.29, 1.82) is 0 Å². The Kier molecular flexibility index (Phi) is 5.14. The molecule has 0 aliphatic carbocycles. The highest BCUT2D eigenvalue weighted by Gasteiger charge is 2.10. The first kappa shape index (κ1) is 16.9. The van der Waals surface area contributed by atoms with E-state index in [1.807, 2.05) is 0 Å². The maximum atomic E-state index is 13.3. The van der Waals surface area contributed by atoms with Gasteiger partial charge in [-0.05, 0) is 30.3 Å². The highest BCUT2D eigenvalue weighted by molar-refractivity contribution is 7.13. The number of amides is 1. The Bertz CT molecular complexity index is 898. The van der Waals surface area contributed by atoms with Gasteiger partial charge in [-0.25, -0.2) is 9.37 Å². The van der Waals surface area contributed by atoms with Crippen LogP contribution in [0.15, 0.2) is 47.8 Å². The van der Waals surface area contributed by atoms with E-state index in [0.717, 1.165) is 0 Å². The second kappa shape index (κ2) is 7.30. The molecule has 1 heterocycles. The smallest absolute Gasteiger partial charge is 0.230 e. The maximum Gasteiger partial charge on any atom is 0.230 e. The Morgan fingerprint density at radius 2 is 2.00 bits per heavy atom. The summed E-state index contributed by atoms with van der Waals surface area (Å²) in [4.78, 5) is 16.5. The van der Waals surface area contributed by atoms with Gasteiger partial charge in [-0.1, -0.05) is 35.3 Å². The molecule has 24 heavy (non-hydrogen) atoms. The summed E-state index contributed by atoms with van der Waals surface area (Å²) in [6.07, 6.45) is 0.117. The monoisotopic (exact) mass is 380 g/mol. The quantitative estimate of drug-likeness (QED) is 0.654. The molecule has 3 aromatic rings. The number of benzene rings is 2. The molecule has 1 aromatic heterocycles. The molecule has 0 aliphatic rings. The fourth-order valence-electron chi connectivity index (χ4n) is 2.09. The number of nitrogens with zero attached hydrogens (tertiary/aromatic N) is 1. The molecular weight excluding hydrogens is 370 g/mol. The third kappa shape index (κ3) is 4.12. The Morgan fingerprint density at radius 3 is 2.75 bits per heavy atom. The predicted octanol–water partition coefficient (Wildman–Crippen LogP) is 5.44. The third-order valence-electron chi connectivity index (χ3n) is 3.17. The number of rotatable bonds is 4. The molecule has 0 spiro atoms. The zero-order chi connectivity index (χ0) is 17.1. The number of aromatic nitrogens is 1. The molecule has 0 unspecified atom stereocenters. The Labute approximate surface area is 152 Å². The van der Waals surface area contributed by atoms with Gasteiger partial charge < -0.3 is 5.32 Å². The number of thiazole rings is 1. The van der Waals surface area contributed by atoms with Gasteiger partial charge in [-0.3, -0.25) is 4.79 Å². The number of halogens is 3. The van der Waals surface area contributed by atoms with Gasteiger partial charge in [-0.2, -0.15) is 0 Å². The number of anilines is 1. The minimum absolute atomic E-state index is 0.117.